The van der Waals surface area contributed by atoms with Gasteiger partial charge in [-0.1, -0.05) is 13.0 Å². The van der Waals surface area contributed by atoms with Crippen molar-refractivity contribution in [1.29, 1.82) is 0 Å². The summed E-state index contributed by atoms with van der Waals surface area (Å²) in [5.41, 5.74) is 6.70. The zero-order valence-corrected chi connectivity index (χ0v) is 12.6. The second-order valence-corrected chi connectivity index (χ2v) is 4.71. The quantitative estimate of drug-likeness (QED) is 0.802. The topological polar surface area (TPSA) is 75.2 Å². The summed E-state index contributed by atoms with van der Waals surface area (Å²) < 4.78 is 13.0. The Hall–Kier alpha value is -2.08. The third kappa shape index (κ3) is 3.95. The van der Waals surface area contributed by atoms with Gasteiger partial charge in [0.2, 0.25) is 0 Å². The van der Waals surface area contributed by atoms with Gasteiger partial charge >= 0.3 is 0 Å². The molecule has 6 nitrogen and oxygen atoms in total. The summed E-state index contributed by atoms with van der Waals surface area (Å²) in [6.45, 7) is 3.92. The van der Waals surface area contributed by atoms with Gasteiger partial charge in [-0.25, -0.2) is 9.67 Å². The molecule has 2 rings (SSSR count). The fourth-order valence-electron chi connectivity index (χ4n) is 2.09. The van der Waals surface area contributed by atoms with Crippen molar-refractivity contribution in [1.82, 2.24) is 14.8 Å². The SMILES string of the molecule is CCCn1ncnc1COc1ccc(CCN)cc1OC. The first-order valence-electron chi connectivity index (χ1n) is 7.15. The van der Waals surface area contributed by atoms with Crippen LogP contribution in [0, 0.1) is 0 Å². The number of hydrogen-bond donors (Lipinski definition) is 1. The normalized spacial score (nSPS) is 10.6. The second kappa shape index (κ2) is 7.64. The van der Waals surface area contributed by atoms with Crippen LogP contribution in [0.4, 0.5) is 0 Å². The standard InChI is InChI=1S/C15H22N4O2/c1-3-8-19-15(17-11-18-19)10-21-13-5-4-12(6-7-16)9-14(13)20-2/h4-5,9,11H,3,6-8,10,16H2,1-2H3. The van der Waals surface area contributed by atoms with E-state index in [0.717, 1.165) is 30.8 Å². The van der Waals surface area contributed by atoms with Crippen LogP contribution in [0.5, 0.6) is 11.5 Å². The van der Waals surface area contributed by atoms with Crippen molar-refractivity contribution in [2.45, 2.75) is 32.9 Å². The zero-order valence-electron chi connectivity index (χ0n) is 12.6. The molecule has 1 aromatic heterocycles. The minimum absolute atomic E-state index is 0.368. The van der Waals surface area contributed by atoms with Crippen LogP contribution in [0.2, 0.25) is 0 Å². The summed E-state index contributed by atoms with van der Waals surface area (Å²) in [7, 11) is 1.63. The van der Waals surface area contributed by atoms with E-state index in [1.165, 1.54) is 0 Å². The van der Waals surface area contributed by atoms with E-state index in [4.69, 9.17) is 15.2 Å². The van der Waals surface area contributed by atoms with Gasteiger partial charge in [0, 0.05) is 6.54 Å². The van der Waals surface area contributed by atoms with Crippen LogP contribution in [0.15, 0.2) is 24.5 Å². The molecule has 0 radical (unpaired) electrons. The molecule has 114 valence electrons. The number of aryl methyl sites for hydroxylation is 1. The van der Waals surface area contributed by atoms with Crippen LogP contribution >= 0.6 is 0 Å². The summed E-state index contributed by atoms with van der Waals surface area (Å²) in [5, 5.41) is 4.18. The van der Waals surface area contributed by atoms with Crippen LogP contribution in [0.3, 0.4) is 0 Å². The minimum atomic E-state index is 0.368. The minimum Gasteiger partial charge on any atom is -0.493 e. The molecule has 0 spiro atoms. The largest absolute Gasteiger partial charge is 0.493 e. The highest BCUT2D eigenvalue weighted by molar-refractivity contribution is 5.43. The van der Waals surface area contributed by atoms with Crippen LogP contribution in [-0.2, 0) is 19.6 Å². The molecule has 0 aliphatic heterocycles. The molecule has 0 unspecified atom stereocenters. The number of rotatable bonds is 8. The van der Waals surface area contributed by atoms with Crippen LogP contribution < -0.4 is 15.2 Å². The summed E-state index contributed by atoms with van der Waals surface area (Å²) in [6, 6.07) is 5.87. The summed E-state index contributed by atoms with van der Waals surface area (Å²) in [6.07, 6.45) is 3.38. The molecule has 1 heterocycles. The third-order valence-electron chi connectivity index (χ3n) is 3.15. The number of ether oxygens (including phenoxy) is 2. The van der Waals surface area contributed by atoms with E-state index in [1.54, 1.807) is 13.4 Å². The first kappa shape index (κ1) is 15.3. The van der Waals surface area contributed by atoms with Gasteiger partial charge in [-0.05, 0) is 37.1 Å². The van der Waals surface area contributed by atoms with E-state index in [1.807, 2.05) is 22.9 Å². The maximum atomic E-state index is 5.81. The summed E-state index contributed by atoms with van der Waals surface area (Å²) >= 11 is 0. The Balaban J connectivity index is 2.06. The number of methoxy groups -OCH3 is 1. The van der Waals surface area contributed by atoms with Crippen molar-refractivity contribution in [3.8, 4) is 11.5 Å². The van der Waals surface area contributed by atoms with Crippen molar-refractivity contribution in [3.63, 3.8) is 0 Å². The first-order chi connectivity index (χ1) is 10.3. The van der Waals surface area contributed by atoms with Crippen molar-refractivity contribution in [3.05, 3.63) is 35.9 Å². The van der Waals surface area contributed by atoms with E-state index in [9.17, 15) is 0 Å². The van der Waals surface area contributed by atoms with Gasteiger partial charge in [-0.2, -0.15) is 5.10 Å². The first-order valence-corrected chi connectivity index (χ1v) is 7.15. The molecule has 0 amide bonds. The number of aromatic nitrogens is 3. The van der Waals surface area contributed by atoms with Gasteiger partial charge in [0.25, 0.3) is 0 Å². The average Bonchev–Trinajstić information content (AvgIpc) is 2.94. The fourth-order valence-corrected chi connectivity index (χ4v) is 2.09. The monoisotopic (exact) mass is 290 g/mol. The predicted molar refractivity (Wildman–Crippen MR) is 80.4 cm³/mol. The molecular weight excluding hydrogens is 268 g/mol. The van der Waals surface area contributed by atoms with Crippen molar-refractivity contribution < 1.29 is 9.47 Å². The van der Waals surface area contributed by atoms with Crippen molar-refractivity contribution in [2.75, 3.05) is 13.7 Å². The molecule has 6 heteroatoms. The number of nitrogens with zero attached hydrogens (tertiary/aromatic N) is 3. The molecule has 21 heavy (non-hydrogen) atoms. The van der Waals surface area contributed by atoms with Gasteiger partial charge in [0.1, 0.15) is 12.9 Å². The van der Waals surface area contributed by atoms with Crippen molar-refractivity contribution in [2.24, 2.45) is 5.73 Å². The van der Waals surface area contributed by atoms with Gasteiger partial charge in [-0.15, -0.1) is 0 Å². The highest BCUT2D eigenvalue weighted by Gasteiger charge is 2.09. The molecule has 0 saturated heterocycles. The molecule has 2 N–H and O–H groups in total. The van der Waals surface area contributed by atoms with Crippen LogP contribution in [-0.4, -0.2) is 28.4 Å². The molecule has 0 aliphatic rings. The van der Waals surface area contributed by atoms with Gasteiger partial charge in [0.15, 0.2) is 17.3 Å². The lowest BCUT2D eigenvalue weighted by atomic mass is 10.1. The zero-order chi connectivity index (χ0) is 15.1. The fraction of sp³-hybridized carbons (Fsp3) is 0.467. The Morgan fingerprint density at radius 1 is 1.29 bits per heavy atom. The lowest BCUT2D eigenvalue weighted by Gasteiger charge is -2.12. The maximum absolute atomic E-state index is 5.81. The molecule has 0 saturated carbocycles. The predicted octanol–water partition coefficient (Wildman–Crippen LogP) is 1.78. The number of hydrogen-bond acceptors (Lipinski definition) is 5. The maximum Gasteiger partial charge on any atom is 0.164 e. The Bertz CT molecular complexity index is 569. The molecule has 2 aromatic rings. The molecule has 1 aromatic carbocycles. The van der Waals surface area contributed by atoms with E-state index in [-0.39, 0.29) is 0 Å². The molecular formula is C15H22N4O2. The summed E-state index contributed by atoms with van der Waals surface area (Å²) in [5.74, 6) is 2.22. The Morgan fingerprint density at radius 3 is 2.86 bits per heavy atom. The van der Waals surface area contributed by atoms with E-state index in [0.29, 0.717) is 24.7 Å². The Labute approximate surface area is 124 Å². The highest BCUT2D eigenvalue weighted by Crippen LogP contribution is 2.28. The van der Waals surface area contributed by atoms with Gasteiger partial charge in [0.05, 0.1) is 7.11 Å². The van der Waals surface area contributed by atoms with E-state index >= 15 is 0 Å². The average molecular weight is 290 g/mol. The molecule has 0 aliphatic carbocycles. The van der Waals surface area contributed by atoms with E-state index < -0.39 is 0 Å². The van der Waals surface area contributed by atoms with Crippen molar-refractivity contribution >= 4 is 0 Å². The lowest BCUT2D eigenvalue weighted by molar-refractivity contribution is 0.269. The molecule has 0 bridgehead atoms. The highest BCUT2D eigenvalue weighted by atomic mass is 16.5. The third-order valence-corrected chi connectivity index (χ3v) is 3.15. The second-order valence-electron chi connectivity index (χ2n) is 4.71. The Morgan fingerprint density at radius 2 is 2.14 bits per heavy atom. The smallest absolute Gasteiger partial charge is 0.164 e. The Kier molecular flexibility index (Phi) is 5.57. The molecule has 0 fully saturated rings. The lowest BCUT2D eigenvalue weighted by Crippen LogP contribution is -2.09. The van der Waals surface area contributed by atoms with Gasteiger partial charge < -0.3 is 15.2 Å². The molecule has 0 atom stereocenters. The number of nitrogens with two attached hydrogens (primary N) is 1. The van der Waals surface area contributed by atoms with Crippen LogP contribution in [0.25, 0.3) is 0 Å². The van der Waals surface area contributed by atoms with Gasteiger partial charge in [-0.3, -0.25) is 0 Å². The van der Waals surface area contributed by atoms with Crippen LogP contribution in [0.1, 0.15) is 24.7 Å². The number of benzene rings is 1. The summed E-state index contributed by atoms with van der Waals surface area (Å²) in [4.78, 5) is 4.22. The van der Waals surface area contributed by atoms with E-state index in [2.05, 4.69) is 17.0 Å².